The molecule has 0 saturated carbocycles. The average Bonchev–Trinajstić information content (AvgIpc) is 0. The van der Waals surface area contributed by atoms with E-state index in [4.69, 9.17) is 0 Å². The summed E-state index contributed by atoms with van der Waals surface area (Å²) >= 11 is 0. The van der Waals surface area contributed by atoms with Gasteiger partial charge < -0.3 is 15.6 Å². The molecule has 1 radical (unpaired) electrons. The van der Waals surface area contributed by atoms with Gasteiger partial charge in [-0.25, -0.2) is 0 Å². The standard InChI is InChI=1S/Co.2FH.K.H3N/h;2*1H;;1H3/q+2;;;+1;/p-2. The molecule has 0 atom stereocenters. The van der Waals surface area contributed by atoms with Gasteiger partial charge in [0.2, 0.25) is 0 Å². The van der Waals surface area contributed by atoms with Crippen molar-refractivity contribution in [2.24, 2.45) is 0 Å². The van der Waals surface area contributed by atoms with E-state index in [1.54, 1.807) is 0 Å². The van der Waals surface area contributed by atoms with Crippen molar-refractivity contribution in [1.82, 2.24) is 6.15 Å². The Balaban J connectivity index is 0. The largest absolute Gasteiger partial charge is 2.00 e. The molecule has 0 bridgehead atoms. The number of halogens is 2. The second-order valence-corrected chi connectivity index (χ2v) is 0. The van der Waals surface area contributed by atoms with Crippen LogP contribution < -0.4 is 66.9 Å². The predicted molar refractivity (Wildman–Crippen MR) is 5.02 cm³/mol. The third kappa shape index (κ3) is 24.3. The Kier molecular flexibility index (Phi) is 490. The van der Waals surface area contributed by atoms with Crippen molar-refractivity contribution in [3.05, 3.63) is 0 Å². The minimum absolute atomic E-state index is 0. The van der Waals surface area contributed by atoms with Crippen LogP contribution in [0.1, 0.15) is 0 Å². The summed E-state index contributed by atoms with van der Waals surface area (Å²) in [6.07, 6.45) is 0. The van der Waals surface area contributed by atoms with Crippen LogP contribution in [0.5, 0.6) is 0 Å². The fourth-order valence-electron chi connectivity index (χ4n) is 0. The Labute approximate surface area is 82.2 Å². The quantitative estimate of drug-likeness (QED) is 0.344. The maximum absolute atomic E-state index is 0. The fraction of sp³-hybridized carbons (Fsp3) is 0. The number of hydrogen-bond acceptors (Lipinski definition) is 1. The molecule has 0 aliphatic carbocycles. The van der Waals surface area contributed by atoms with Gasteiger partial charge in [-0.3, -0.25) is 0 Å². The second-order valence-electron chi connectivity index (χ2n) is 0. The van der Waals surface area contributed by atoms with Gasteiger partial charge in [0.1, 0.15) is 0 Å². The van der Waals surface area contributed by atoms with Crippen molar-refractivity contribution >= 4 is 0 Å². The zero-order valence-electron chi connectivity index (χ0n) is 2.80. The molecule has 0 aromatic heterocycles. The van der Waals surface area contributed by atoms with Crippen LogP contribution in [-0.2, 0) is 16.8 Å². The molecular weight excluding hydrogens is 150 g/mol. The molecule has 0 fully saturated rings. The minimum atomic E-state index is 0. The average molecular weight is 153 g/mol. The summed E-state index contributed by atoms with van der Waals surface area (Å²) in [5, 5.41) is 0. The van der Waals surface area contributed by atoms with E-state index in [0.717, 1.165) is 0 Å². The maximum Gasteiger partial charge on any atom is 2.00 e. The Morgan fingerprint density at radius 2 is 0.800 bits per heavy atom. The summed E-state index contributed by atoms with van der Waals surface area (Å²) in [5.74, 6) is 0. The SMILES string of the molecule is N.[Co+2].[F-].[F-].[K+]. The Morgan fingerprint density at radius 3 is 0.800 bits per heavy atom. The van der Waals surface area contributed by atoms with Crippen molar-refractivity contribution in [2.75, 3.05) is 0 Å². The third-order valence-corrected chi connectivity index (χ3v) is 0. The van der Waals surface area contributed by atoms with E-state index in [1.165, 1.54) is 0 Å². The molecular formula is H3CoF2KN+. The summed E-state index contributed by atoms with van der Waals surface area (Å²) in [4.78, 5) is 0. The van der Waals surface area contributed by atoms with Gasteiger partial charge in [-0.1, -0.05) is 0 Å². The van der Waals surface area contributed by atoms with E-state index in [2.05, 4.69) is 0 Å². The van der Waals surface area contributed by atoms with Crippen LogP contribution in [0.15, 0.2) is 0 Å². The maximum atomic E-state index is 0. The van der Waals surface area contributed by atoms with Gasteiger partial charge in [0, 0.05) is 0 Å². The molecule has 5 heavy (non-hydrogen) atoms. The zero-order chi connectivity index (χ0) is 0. The van der Waals surface area contributed by atoms with Crippen LogP contribution in [0.4, 0.5) is 0 Å². The molecule has 0 aliphatic rings. The Bertz CT molecular complexity index is 9.61. The first-order valence-corrected chi connectivity index (χ1v) is 0. The molecule has 1 nitrogen and oxygen atoms in total. The van der Waals surface area contributed by atoms with E-state index >= 15 is 0 Å². The van der Waals surface area contributed by atoms with Gasteiger partial charge in [-0.2, -0.15) is 0 Å². The van der Waals surface area contributed by atoms with E-state index in [1.807, 2.05) is 0 Å². The molecule has 5 heteroatoms. The molecule has 3 N–H and O–H groups in total. The molecule has 31 valence electrons. The molecule has 0 aromatic rings. The number of rotatable bonds is 0. The second kappa shape index (κ2) is 38.1. The zero-order valence-corrected chi connectivity index (χ0v) is 6.96. The van der Waals surface area contributed by atoms with Gasteiger partial charge >= 0.3 is 68.2 Å². The van der Waals surface area contributed by atoms with Gasteiger partial charge in [0.05, 0.1) is 0 Å². The molecule has 0 spiro atoms. The first-order valence-electron chi connectivity index (χ1n) is 0. The van der Waals surface area contributed by atoms with E-state index < -0.39 is 0 Å². The predicted octanol–water partition coefficient (Wildman–Crippen LogP) is -8.83. The van der Waals surface area contributed by atoms with Crippen LogP contribution in [0.2, 0.25) is 0 Å². The van der Waals surface area contributed by atoms with Gasteiger partial charge in [-0.05, 0) is 0 Å². The Morgan fingerprint density at radius 1 is 0.800 bits per heavy atom. The molecule has 0 rings (SSSR count). The van der Waals surface area contributed by atoms with E-state index in [0.29, 0.717) is 0 Å². The van der Waals surface area contributed by atoms with Crippen LogP contribution in [-0.4, -0.2) is 0 Å². The van der Waals surface area contributed by atoms with Crippen LogP contribution in [0, 0.1) is 0 Å². The van der Waals surface area contributed by atoms with Crippen molar-refractivity contribution in [3.8, 4) is 0 Å². The van der Waals surface area contributed by atoms with Crippen LogP contribution in [0.3, 0.4) is 0 Å². The van der Waals surface area contributed by atoms with Crippen molar-refractivity contribution in [2.45, 2.75) is 0 Å². The molecule has 0 aromatic carbocycles. The van der Waals surface area contributed by atoms with Crippen LogP contribution >= 0.6 is 0 Å². The summed E-state index contributed by atoms with van der Waals surface area (Å²) in [5.41, 5.74) is 0. The van der Waals surface area contributed by atoms with Crippen molar-refractivity contribution in [3.63, 3.8) is 0 Å². The molecule has 0 heterocycles. The van der Waals surface area contributed by atoms with Crippen molar-refractivity contribution < 1.29 is 77.6 Å². The summed E-state index contributed by atoms with van der Waals surface area (Å²) in [7, 11) is 0. The normalized spacial score (nSPS) is 0. The molecule has 0 aliphatic heterocycles. The topological polar surface area (TPSA) is 35.0 Å². The molecule has 0 saturated heterocycles. The minimum Gasteiger partial charge on any atom is -1.00 e. The van der Waals surface area contributed by atoms with Gasteiger partial charge in [0.15, 0.2) is 0 Å². The van der Waals surface area contributed by atoms with Gasteiger partial charge in [0.25, 0.3) is 0 Å². The molecule has 0 unspecified atom stereocenters. The Hall–Kier alpha value is 1.96. The first-order chi connectivity index (χ1) is 0. The molecule has 0 amide bonds. The van der Waals surface area contributed by atoms with Crippen LogP contribution in [0.25, 0.3) is 0 Å². The summed E-state index contributed by atoms with van der Waals surface area (Å²) in [6, 6.07) is 0. The summed E-state index contributed by atoms with van der Waals surface area (Å²) in [6.45, 7) is 0. The number of hydrogen-bond donors (Lipinski definition) is 1. The first kappa shape index (κ1) is 64.3. The fourth-order valence-corrected chi connectivity index (χ4v) is 0. The summed E-state index contributed by atoms with van der Waals surface area (Å²) < 4.78 is 0. The third-order valence-electron chi connectivity index (χ3n) is 0. The monoisotopic (exact) mass is 153 g/mol. The van der Waals surface area contributed by atoms with E-state index in [9.17, 15) is 0 Å². The van der Waals surface area contributed by atoms with Gasteiger partial charge in [-0.15, -0.1) is 0 Å². The van der Waals surface area contributed by atoms with Crippen molar-refractivity contribution in [1.29, 1.82) is 0 Å². The van der Waals surface area contributed by atoms with E-state index in [-0.39, 0.29) is 83.7 Å². The smallest absolute Gasteiger partial charge is 1.00 e.